The van der Waals surface area contributed by atoms with Crippen LogP contribution in [0.1, 0.15) is 37.6 Å². The van der Waals surface area contributed by atoms with Crippen LogP contribution in [-0.2, 0) is 29.5 Å². The number of imidazole rings is 1. The van der Waals surface area contributed by atoms with Crippen LogP contribution in [0.5, 0.6) is 0 Å². The normalized spacial score (nSPS) is 11.1. The monoisotopic (exact) mass is 402 g/mol. The second kappa shape index (κ2) is 8.85. The Kier molecular flexibility index (Phi) is 6.26. The summed E-state index contributed by atoms with van der Waals surface area (Å²) in [6, 6.07) is 6.22. The highest BCUT2D eigenvalue weighted by molar-refractivity contribution is 5.72. The second-order valence-corrected chi connectivity index (χ2v) is 6.77. The molecule has 2 heterocycles. The van der Waals surface area contributed by atoms with Crippen LogP contribution in [0.3, 0.4) is 0 Å². The third-order valence-corrected chi connectivity index (χ3v) is 4.69. The van der Waals surface area contributed by atoms with E-state index in [4.69, 9.17) is 4.74 Å². The van der Waals surface area contributed by atoms with Crippen molar-refractivity contribution in [2.45, 2.75) is 39.2 Å². The fourth-order valence-electron chi connectivity index (χ4n) is 3.05. The average Bonchev–Trinajstić information content (AvgIpc) is 3.05. The Bertz CT molecular complexity index is 1150. The van der Waals surface area contributed by atoms with Crippen molar-refractivity contribution in [1.29, 1.82) is 0 Å². The summed E-state index contributed by atoms with van der Waals surface area (Å²) in [5, 5.41) is 0. The molecule has 0 amide bonds. The number of hydrogen-bond acceptors (Lipinski definition) is 5. The van der Waals surface area contributed by atoms with Gasteiger partial charge in [0.25, 0.3) is 5.56 Å². The number of H-pyrrole nitrogens is 1. The summed E-state index contributed by atoms with van der Waals surface area (Å²) in [7, 11) is 1.49. The van der Waals surface area contributed by atoms with Gasteiger partial charge in [0, 0.05) is 19.0 Å². The molecule has 3 rings (SSSR count). The molecule has 0 aliphatic rings. The van der Waals surface area contributed by atoms with E-state index in [2.05, 4.69) is 9.97 Å². The molecule has 0 unspecified atom stereocenters. The molecule has 0 fully saturated rings. The smallest absolute Gasteiger partial charge is 0.329 e. The number of carbonyl (C=O) groups excluding carboxylic acids is 1. The number of aryl methyl sites for hydroxylation is 2. The van der Waals surface area contributed by atoms with E-state index >= 15 is 0 Å². The zero-order chi connectivity index (χ0) is 21.0. The van der Waals surface area contributed by atoms with Gasteiger partial charge in [0.15, 0.2) is 11.2 Å². The molecular formula is C20H23FN4O4. The molecule has 3 aromatic rings. The van der Waals surface area contributed by atoms with E-state index < -0.39 is 17.1 Å². The van der Waals surface area contributed by atoms with Crippen molar-refractivity contribution in [1.82, 2.24) is 19.1 Å². The fourth-order valence-corrected chi connectivity index (χ4v) is 3.05. The molecule has 1 aromatic carbocycles. The van der Waals surface area contributed by atoms with Crippen molar-refractivity contribution in [3.63, 3.8) is 0 Å². The van der Waals surface area contributed by atoms with Gasteiger partial charge in [0.2, 0.25) is 0 Å². The lowest BCUT2D eigenvalue weighted by atomic mass is 10.2. The minimum absolute atomic E-state index is 0.0463. The summed E-state index contributed by atoms with van der Waals surface area (Å²) in [5.41, 5.74) is -0.492. The average molecular weight is 402 g/mol. The Balaban J connectivity index is 1.99. The van der Waals surface area contributed by atoms with Crippen LogP contribution in [0.2, 0.25) is 0 Å². The number of carbonyl (C=O) groups is 1. The lowest BCUT2D eigenvalue weighted by Gasteiger charge is -2.10. The summed E-state index contributed by atoms with van der Waals surface area (Å²) < 4.78 is 22.1. The van der Waals surface area contributed by atoms with Crippen LogP contribution < -0.4 is 11.2 Å². The van der Waals surface area contributed by atoms with Crippen molar-refractivity contribution >= 4 is 17.1 Å². The third-order valence-electron chi connectivity index (χ3n) is 4.69. The predicted octanol–water partition coefficient (Wildman–Crippen LogP) is 1.89. The predicted molar refractivity (Wildman–Crippen MR) is 105 cm³/mol. The van der Waals surface area contributed by atoms with Crippen LogP contribution in [0.25, 0.3) is 11.2 Å². The SMILES string of the molecule is CCCCOC(=O)CCc1nc2c(c(=O)[nH]c(=O)n2C)n1Cc1ccccc1F. The van der Waals surface area contributed by atoms with E-state index in [0.29, 0.717) is 18.0 Å². The number of unbranched alkanes of at least 4 members (excludes halogenated alkanes) is 1. The molecule has 29 heavy (non-hydrogen) atoms. The molecule has 2 aromatic heterocycles. The van der Waals surface area contributed by atoms with Crippen LogP contribution >= 0.6 is 0 Å². The first-order valence-electron chi connectivity index (χ1n) is 9.49. The molecule has 0 radical (unpaired) electrons. The number of nitrogens with one attached hydrogen (secondary N) is 1. The van der Waals surface area contributed by atoms with Gasteiger partial charge in [-0.1, -0.05) is 31.5 Å². The van der Waals surface area contributed by atoms with Gasteiger partial charge in [-0.25, -0.2) is 14.2 Å². The maximum absolute atomic E-state index is 14.2. The van der Waals surface area contributed by atoms with E-state index in [0.717, 1.165) is 12.8 Å². The molecule has 0 bridgehead atoms. The van der Waals surface area contributed by atoms with Crippen LogP contribution in [-0.4, -0.2) is 31.7 Å². The molecule has 0 atom stereocenters. The molecule has 0 saturated heterocycles. The standard InChI is InChI=1S/C20H23FN4O4/c1-3-4-11-29-16(26)10-9-15-22-18-17(19(27)23-20(28)24(18)2)25(15)12-13-7-5-6-8-14(13)21/h5-8H,3-4,9-12H2,1-2H3,(H,23,27,28). The van der Waals surface area contributed by atoms with Gasteiger partial charge in [-0.05, 0) is 12.5 Å². The Morgan fingerprint density at radius 2 is 2.03 bits per heavy atom. The van der Waals surface area contributed by atoms with Crippen LogP contribution in [0.15, 0.2) is 33.9 Å². The zero-order valence-corrected chi connectivity index (χ0v) is 16.4. The summed E-state index contributed by atoms with van der Waals surface area (Å²) in [5.74, 6) is -0.381. The molecule has 0 saturated carbocycles. The van der Waals surface area contributed by atoms with Gasteiger partial charge in [0.1, 0.15) is 11.6 Å². The molecular weight excluding hydrogens is 379 g/mol. The number of halogens is 1. The van der Waals surface area contributed by atoms with Crippen molar-refractivity contribution in [3.05, 3.63) is 62.3 Å². The van der Waals surface area contributed by atoms with Gasteiger partial charge >= 0.3 is 11.7 Å². The Morgan fingerprint density at radius 1 is 1.28 bits per heavy atom. The lowest BCUT2D eigenvalue weighted by Crippen LogP contribution is -2.29. The second-order valence-electron chi connectivity index (χ2n) is 6.77. The van der Waals surface area contributed by atoms with E-state index in [1.807, 2.05) is 6.92 Å². The highest BCUT2D eigenvalue weighted by atomic mass is 19.1. The molecule has 9 heteroatoms. The molecule has 8 nitrogen and oxygen atoms in total. The first kappa shape index (κ1) is 20.5. The van der Waals surface area contributed by atoms with Crippen molar-refractivity contribution in [2.24, 2.45) is 7.05 Å². The maximum atomic E-state index is 14.2. The number of hydrogen-bond donors (Lipinski definition) is 1. The minimum atomic E-state index is -0.608. The van der Waals surface area contributed by atoms with Crippen molar-refractivity contribution in [3.8, 4) is 0 Å². The molecule has 0 aliphatic carbocycles. The van der Waals surface area contributed by atoms with Crippen molar-refractivity contribution in [2.75, 3.05) is 6.61 Å². The van der Waals surface area contributed by atoms with E-state index in [9.17, 15) is 18.8 Å². The van der Waals surface area contributed by atoms with Gasteiger partial charge < -0.3 is 9.30 Å². The van der Waals surface area contributed by atoms with E-state index in [1.165, 1.54) is 17.7 Å². The summed E-state index contributed by atoms with van der Waals surface area (Å²) >= 11 is 0. The number of aromatic amines is 1. The maximum Gasteiger partial charge on any atom is 0.329 e. The number of benzene rings is 1. The molecule has 0 aliphatic heterocycles. The number of aromatic nitrogens is 4. The third kappa shape index (κ3) is 4.44. The molecule has 1 N–H and O–H groups in total. The van der Waals surface area contributed by atoms with Gasteiger partial charge in [-0.15, -0.1) is 0 Å². The number of fused-ring (bicyclic) bond motifs is 1. The Hall–Kier alpha value is -3.23. The summed E-state index contributed by atoms with van der Waals surface area (Å²) in [6.45, 7) is 2.40. The number of ether oxygens (including phenoxy) is 1. The van der Waals surface area contributed by atoms with Crippen molar-refractivity contribution < 1.29 is 13.9 Å². The lowest BCUT2D eigenvalue weighted by molar-refractivity contribution is -0.143. The summed E-state index contributed by atoms with van der Waals surface area (Å²) in [6.07, 6.45) is 1.97. The van der Waals surface area contributed by atoms with Crippen LogP contribution in [0, 0.1) is 5.82 Å². The summed E-state index contributed by atoms with van der Waals surface area (Å²) in [4.78, 5) is 43.0. The van der Waals surface area contributed by atoms with E-state index in [1.54, 1.807) is 22.8 Å². The van der Waals surface area contributed by atoms with Gasteiger partial charge in [0.05, 0.1) is 19.6 Å². The first-order valence-corrected chi connectivity index (χ1v) is 9.49. The van der Waals surface area contributed by atoms with Gasteiger partial charge in [-0.3, -0.25) is 19.1 Å². The fraction of sp³-hybridized carbons (Fsp3) is 0.400. The van der Waals surface area contributed by atoms with Gasteiger partial charge in [-0.2, -0.15) is 0 Å². The number of esters is 1. The van der Waals surface area contributed by atoms with E-state index in [-0.39, 0.29) is 36.5 Å². The highest BCUT2D eigenvalue weighted by Gasteiger charge is 2.19. The number of rotatable bonds is 8. The number of nitrogens with zero attached hydrogens (tertiary/aromatic N) is 3. The zero-order valence-electron chi connectivity index (χ0n) is 16.4. The topological polar surface area (TPSA) is 99.0 Å². The molecule has 154 valence electrons. The highest BCUT2D eigenvalue weighted by Crippen LogP contribution is 2.17. The molecule has 0 spiro atoms. The largest absolute Gasteiger partial charge is 0.466 e. The minimum Gasteiger partial charge on any atom is -0.466 e. The van der Waals surface area contributed by atoms with Crippen LogP contribution in [0.4, 0.5) is 4.39 Å². The quantitative estimate of drug-likeness (QED) is 0.458. The Morgan fingerprint density at radius 3 is 2.76 bits per heavy atom. The Labute approximate surface area is 166 Å². The first-order chi connectivity index (χ1) is 13.9.